The highest BCUT2D eigenvalue weighted by atomic mass is 32.2. The second-order valence-electron chi connectivity index (χ2n) is 8.00. The topological polar surface area (TPSA) is 161 Å². The number of nitrogens with zero attached hydrogens (tertiary/aromatic N) is 4. The molecule has 3 heterocycles. The van der Waals surface area contributed by atoms with Crippen molar-refractivity contribution < 1.29 is 23.1 Å². The van der Waals surface area contributed by atoms with Crippen LogP contribution in [0.1, 0.15) is 45.6 Å². The molecule has 11 nitrogen and oxygen atoms in total. The van der Waals surface area contributed by atoms with Crippen molar-refractivity contribution in [2.75, 3.05) is 25.5 Å². The minimum atomic E-state index is -3.83. The molecule has 1 atom stereocenters. The van der Waals surface area contributed by atoms with Gasteiger partial charge in [0.15, 0.2) is 5.13 Å². The summed E-state index contributed by atoms with van der Waals surface area (Å²) < 4.78 is 34.0. The maximum absolute atomic E-state index is 13.6. The molecule has 186 valence electrons. The van der Waals surface area contributed by atoms with Gasteiger partial charge < -0.3 is 20.9 Å². The van der Waals surface area contributed by atoms with Gasteiger partial charge in [-0.2, -0.15) is 4.31 Å². The summed E-state index contributed by atoms with van der Waals surface area (Å²) in [6.07, 6.45) is 3.01. The Hall–Kier alpha value is -3.13. The zero-order valence-electron chi connectivity index (χ0n) is 19.3. The number of aryl methyl sites for hydroxylation is 1. The largest absolute Gasteiger partial charge is 0.496 e. The van der Waals surface area contributed by atoms with Crippen LogP contribution >= 0.6 is 11.3 Å². The third-order valence-corrected chi connectivity index (χ3v) is 8.40. The molecule has 0 bridgehead atoms. The van der Waals surface area contributed by atoms with Crippen molar-refractivity contribution in [3.8, 4) is 5.75 Å². The van der Waals surface area contributed by atoms with Crippen LogP contribution in [0.2, 0.25) is 0 Å². The average molecular weight is 519 g/mol. The summed E-state index contributed by atoms with van der Waals surface area (Å²) in [5.41, 5.74) is 7.07. The van der Waals surface area contributed by atoms with E-state index < -0.39 is 22.0 Å². The number of thiazole rings is 1. The molecule has 4 rings (SSSR count). The molecule has 4 N–H and O–H groups in total. The minimum absolute atomic E-state index is 0.0973. The van der Waals surface area contributed by atoms with Crippen LogP contribution in [-0.2, 0) is 16.4 Å². The summed E-state index contributed by atoms with van der Waals surface area (Å²) in [6, 6.07) is 5.96. The molecule has 1 fully saturated rings. The Morgan fingerprint density at radius 3 is 2.83 bits per heavy atom. The molecular formula is C22H26N6O5S2. The Morgan fingerprint density at radius 2 is 2.14 bits per heavy atom. The number of carboxylic acids is 1. The van der Waals surface area contributed by atoms with Gasteiger partial charge in [-0.3, -0.25) is 0 Å². The Morgan fingerprint density at radius 1 is 1.34 bits per heavy atom. The highest BCUT2D eigenvalue weighted by molar-refractivity contribution is 7.89. The van der Waals surface area contributed by atoms with Crippen LogP contribution in [0, 0.1) is 6.92 Å². The van der Waals surface area contributed by atoms with Crippen molar-refractivity contribution in [3.05, 3.63) is 52.4 Å². The Bertz CT molecular complexity index is 1340. The van der Waals surface area contributed by atoms with E-state index in [4.69, 9.17) is 15.6 Å². The molecule has 1 aliphatic heterocycles. The van der Waals surface area contributed by atoms with Crippen LogP contribution < -0.4 is 15.8 Å². The number of nitrogens with one attached hydrogen (secondary N) is 1. The predicted molar refractivity (Wildman–Crippen MR) is 131 cm³/mol. The molecule has 1 saturated heterocycles. The number of aromatic carboxylic acids is 1. The van der Waals surface area contributed by atoms with Gasteiger partial charge in [-0.25, -0.2) is 28.2 Å². The predicted octanol–water partition coefficient (Wildman–Crippen LogP) is 2.72. The molecule has 2 aromatic heterocycles. The second-order valence-corrected chi connectivity index (χ2v) is 10.9. The molecule has 1 unspecified atom stereocenters. The van der Waals surface area contributed by atoms with Crippen LogP contribution in [0.4, 0.5) is 10.9 Å². The molecule has 0 radical (unpaired) electrons. The summed E-state index contributed by atoms with van der Waals surface area (Å²) in [4.78, 5) is 24.5. The molecule has 35 heavy (non-hydrogen) atoms. The van der Waals surface area contributed by atoms with E-state index in [0.717, 1.165) is 16.9 Å². The van der Waals surface area contributed by atoms with E-state index in [0.29, 0.717) is 60.6 Å². The van der Waals surface area contributed by atoms with Crippen molar-refractivity contribution >= 4 is 38.3 Å². The molecule has 0 saturated carbocycles. The zero-order valence-corrected chi connectivity index (χ0v) is 20.9. The third kappa shape index (κ3) is 5.27. The smallest absolute Gasteiger partial charge is 0.347 e. The normalized spacial score (nSPS) is 16.4. The van der Waals surface area contributed by atoms with E-state index in [9.17, 15) is 13.2 Å². The maximum atomic E-state index is 13.6. The number of nitrogens with two attached hydrogens (primary N) is 1. The molecule has 0 spiro atoms. The van der Waals surface area contributed by atoms with E-state index >= 15 is 0 Å². The van der Waals surface area contributed by atoms with Crippen LogP contribution in [0.15, 0.2) is 35.4 Å². The number of rotatable bonds is 9. The molecular weight excluding hydrogens is 492 g/mol. The van der Waals surface area contributed by atoms with E-state index in [2.05, 4.69) is 20.3 Å². The van der Waals surface area contributed by atoms with Gasteiger partial charge in [0.25, 0.3) is 0 Å². The van der Waals surface area contributed by atoms with Gasteiger partial charge in [0.2, 0.25) is 10.0 Å². The first kappa shape index (κ1) is 25.0. The second kappa shape index (κ2) is 10.2. The summed E-state index contributed by atoms with van der Waals surface area (Å²) >= 11 is 0.982. The summed E-state index contributed by atoms with van der Waals surface area (Å²) in [7, 11) is -2.29. The number of hydrogen-bond donors (Lipinski definition) is 3. The number of benzene rings is 1. The maximum Gasteiger partial charge on any atom is 0.347 e. The van der Waals surface area contributed by atoms with Gasteiger partial charge in [0.05, 0.1) is 24.2 Å². The van der Waals surface area contributed by atoms with E-state index in [1.54, 1.807) is 25.1 Å². The molecule has 0 aliphatic carbocycles. The Labute approximate surface area is 207 Å². The highest BCUT2D eigenvalue weighted by Gasteiger charge is 2.38. The average Bonchev–Trinajstić information content (AvgIpc) is 3.49. The lowest BCUT2D eigenvalue weighted by molar-refractivity contribution is 0.0702. The lowest BCUT2D eigenvalue weighted by Crippen LogP contribution is -2.32. The molecule has 13 heteroatoms. The molecule has 1 aromatic carbocycles. The monoisotopic (exact) mass is 518 g/mol. The quantitative estimate of drug-likeness (QED) is 0.384. The highest BCUT2D eigenvalue weighted by Crippen LogP contribution is 2.37. The fourth-order valence-electron chi connectivity index (χ4n) is 4.03. The van der Waals surface area contributed by atoms with Crippen molar-refractivity contribution in [1.82, 2.24) is 19.3 Å². The van der Waals surface area contributed by atoms with Gasteiger partial charge >= 0.3 is 5.97 Å². The van der Waals surface area contributed by atoms with Crippen molar-refractivity contribution in [1.29, 1.82) is 0 Å². The Kier molecular flexibility index (Phi) is 7.31. The molecule has 1 aliphatic rings. The number of anilines is 2. The third-order valence-electron chi connectivity index (χ3n) is 5.60. The standard InChI is InChI=1S/C22H26N6O5S2/c1-13-10-19(27-22-24-12-18(34-22)21(29)30)26-20(25-13)16-4-3-9-28(16)35(31,32)15-5-6-17(33-2)14(11-15)7-8-23/h5-6,10-12,16H,3-4,7-9,23H2,1-2H3,(H,29,30)(H,24,25,26,27). The lowest BCUT2D eigenvalue weighted by atomic mass is 10.1. The Balaban J connectivity index is 1.64. The van der Waals surface area contributed by atoms with Crippen LogP contribution in [0.3, 0.4) is 0 Å². The summed E-state index contributed by atoms with van der Waals surface area (Å²) in [6.45, 7) is 2.50. The van der Waals surface area contributed by atoms with Crippen LogP contribution in [0.5, 0.6) is 5.75 Å². The number of methoxy groups -OCH3 is 1. The zero-order chi connectivity index (χ0) is 25.2. The SMILES string of the molecule is COc1ccc(S(=O)(=O)N2CCCC2c2nc(C)cc(Nc3ncc(C(=O)O)s3)n2)cc1CCN. The minimum Gasteiger partial charge on any atom is -0.496 e. The lowest BCUT2D eigenvalue weighted by Gasteiger charge is -2.24. The number of aromatic nitrogens is 3. The van der Waals surface area contributed by atoms with Gasteiger partial charge in [-0.05, 0) is 56.5 Å². The first-order valence-corrected chi connectivity index (χ1v) is 13.2. The number of ether oxygens (including phenoxy) is 1. The number of sulfonamides is 1. The number of hydrogen-bond acceptors (Lipinski definition) is 10. The van der Waals surface area contributed by atoms with E-state index in [1.807, 2.05) is 0 Å². The number of carbonyl (C=O) groups is 1. The van der Waals surface area contributed by atoms with Gasteiger partial charge in [-0.15, -0.1) is 0 Å². The van der Waals surface area contributed by atoms with Crippen LogP contribution in [-0.4, -0.2) is 59.0 Å². The van der Waals surface area contributed by atoms with Gasteiger partial charge in [0.1, 0.15) is 22.3 Å². The fourth-order valence-corrected chi connectivity index (χ4v) is 6.40. The first-order chi connectivity index (χ1) is 16.7. The van der Waals surface area contributed by atoms with E-state index in [-0.39, 0.29) is 9.77 Å². The van der Waals surface area contributed by atoms with E-state index in [1.165, 1.54) is 23.7 Å². The molecule has 0 amide bonds. The molecule has 3 aromatic rings. The first-order valence-electron chi connectivity index (χ1n) is 10.9. The van der Waals surface area contributed by atoms with Crippen molar-refractivity contribution in [2.45, 2.75) is 37.1 Å². The van der Waals surface area contributed by atoms with Crippen molar-refractivity contribution in [2.24, 2.45) is 5.73 Å². The number of carboxylic acid groups (broad SMARTS) is 1. The van der Waals surface area contributed by atoms with Crippen LogP contribution in [0.25, 0.3) is 0 Å². The van der Waals surface area contributed by atoms with Gasteiger partial charge in [-0.1, -0.05) is 11.3 Å². The summed E-state index contributed by atoms with van der Waals surface area (Å²) in [5.74, 6) is 0.324. The summed E-state index contributed by atoms with van der Waals surface area (Å²) in [5, 5.41) is 12.5. The fraction of sp³-hybridized carbons (Fsp3) is 0.364. The van der Waals surface area contributed by atoms with Gasteiger partial charge in [0, 0.05) is 18.3 Å². The van der Waals surface area contributed by atoms with Crippen molar-refractivity contribution in [3.63, 3.8) is 0 Å².